The summed E-state index contributed by atoms with van der Waals surface area (Å²) in [5, 5.41) is 12.0. The lowest BCUT2D eigenvalue weighted by atomic mass is 9.70. The molecule has 0 spiro atoms. The standard InChI is InChI=1S/C13H25NO2/c1-10-9-13(2,3)7-6-11(10)14-8-4-5-12(15)16/h10-11,14H,4-9H2,1-3H3,(H,15,16). The SMILES string of the molecule is CC1CC(C)(C)CCC1NCCCC(=O)O. The van der Waals surface area contributed by atoms with Gasteiger partial charge in [-0.25, -0.2) is 0 Å². The van der Waals surface area contributed by atoms with Gasteiger partial charge in [0.25, 0.3) is 0 Å². The Morgan fingerprint density at radius 3 is 2.75 bits per heavy atom. The van der Waals surface area contributed by atoms with E-state index in [0.717, 1.165) is 13.0 Å². The van der Waals surface area contributed by atoms with Gasteiger partial charge in [-0.1, -0.05) is 20.8 Å². The Morgan fingerprint density at radius 2 is 2.19 bits per heavy atom. The predicted octanol–water partition coefficient (Wildman–Crippen LogP) is 2.66. The van der Waals surface area contributed by atoms with Crippen LogP contribution in [0, 0.1) is 11.3 Å². The molecule has 1 rings (SSSR count). The van der Waals surface area contributed by atoms with Crippen molar-refractivity contribution in [3.63, 3.8) is 0 Å². The lowest BCUT2D eigenvalue weighted by Gasteiger charge is -2.39. The third-order valence-electron chi connectivity index (χ3n) is 3.67. The molecule has 0 aromatic rings. The molecule has 2 unspecified atom stereocenters. The first-order valence-corrected chi connectivity index (χ1v) is 6.36. The largest absolute Gasteiger partial charge is 0.481 e. The van der Waals surface area contributed by atoms with Crippen molar-refractivity contribution in [2.24, 2.45) is 11.3 Å². The summed E-state index contributed by atoms with van der Waals surface area (Å²) in [6, 6.07) is 0.585. The van der Waals surface area contributed by atoms with Gasteiger partial charge in [-0.3, -0.25) is 4.79 Å². The van der Waals surface area contributed by atoms with Crippen LogP contribution in [-0.4, -0.2) is 23.7 Å². The number of hydrogen-bond acceptors (Lipinski definition) is 2. The number of nitrogens with one attached hydrogen (secondary N) is 1. The second-order valence-corrected chi connectivity index (χ2v) is 5.94. The summed E-state index contributed by atoms with van der Waals surface area (Å²) in [5.74, 6) is 0.00760. The van der Waals surface area contributed by atoms with Gasteiger partial charge in [-0.15, -0.1) is 0 Å². The lowest BCUT2D eigenvalue weighted by molar-refractivity contribution is -0.137. The smallest absolute Gasteiger partial charge is 0.303 e. The number of rotatable bonds is 5. The summed E-state index contributed by atoms with van der Waals surface area (Å²) in [5.41, 5.74) is 0.485. The first-order chi connectivity index (χ1) is 7.41. The Morgan fingerprint density at radius 1 is 1.50 bits per heavy atom. The molecule has 3 nitrogen and oxygen atoms in total. The molecule has 0 radical (unpaired) electrons. The molecule has 3 heteroatoms. The zero-order valence-electron chi connectivity index (χ0n) is 10.8. The zero-order chi connectivity index (χ0) is 12.2. The van der Waals surface area contributed by atoms with E-state index in [0.29, 0.717) is 17.4 Å². The highest BCUT2D eigenvalue weighted by Gasteiger charge is 2.31. The predicted molar refractivity (Wildman–Crippen MR) is 65.5 cm³/mol. The number of aliphatic carboxylic acids is 1. The topological polar surface area (TPSA) is 49.3 Å². The minimum atomic E-state index is -0.695. The quantitative estimate of drug-likeness (QED) is 0.710. The maximum atomic E-state index is 10.4. The summed E-state index contributed by atoms with van der Waals surface area (Å²) in [4.78, 5) is 10.4. The van der Waals surface area contributed by atoms with E-state index in [-0.39, 0.29) is 6.42 Å². The van der Waals surface area contributed by atoms with E-state index in [2.05, 4.69) is 26.1 Å². The molecule has 0 saturated heterocycles. The molecule has 0 amide bonds. The van der Waals surface area contributed by atoms with Crippen molar-refractivity contribution >= 4 is 5.97 Å². The molecule has 1 aliphatic carbocycles. The molecular formula is C13H25NO2. The lowest BCUT2D eigenvalue weighted by Crippen LogP contribution is -2.42. The molecule has 0 aliphatic heterocycles. The molecule has 94 valence electrons. The molecule has 16 heavy (non-hydrogen) atoms. The van der Waals surface area contributed by atoms with Gasteiger partial charge in [0, 0.05) is 12.5 Å². The van der Waals surface area contributed by atoms with Crippen molar-refractivity contribution in [1.29, 1.82) is 0 Å². The maximum Gasteiger partial charge on any atom is 0.303 e. The van der Waals surface area contributed by atoms with Gasteiger partial charge < -0.3 is 10.4 Å². The first-order valence-electron chi connectivity index (χ1n) is 6.36. The summed E-state index contributed by atoms with van der Waals surface area (Å²) < 4.78 is 0. The molecule has 2 N–H and O–H groups in total. The van der Waals surface area contributed by atoms with Gasteiger partial charge in [-0.2, -0.15) is 0 Å². The summed E-state index contributed by atoms with van der Waals surface area (Å²) in [7, 11) is 0. The van der Waals surface area contributed by atoms with Crippen LogP contribution in [0.4, 0.5) is 0 Å². The third-order valence-corrected chi connectivity index (χ3v) is 3.67. The van der Waals surface area contributed by atoms with Crippen LogP contribution in [0.1, 0.15) is 52.9 Å². The van der Waals surface area contributed by atoms with Gasteiger partial charge >= 0.3 is 5.97 Å². The van der Waals surface area contributed by atoms with Crippen molar-refractivity contribution in [1.82, 2.24) is 5.32 Å². The molecule has 0 aromatic heterocycles. The van der Waals surface area contributed by atoms with Crippen molar-refractivity contribution in [2.75, 3.05) is 6.54 Å². The van der Waals surface area contributed by atoms with E-state index in [1.807, 2.05) is 0 Å². The second-order valence-electron chi connectivity index (χ2n) is 5.94. The molecule has 0 bridgehead atoms. The van der Waals surface area contributed by atoms with E-state index in [1.165, 1.54) is 19.3 Å². The van der Waals surface area contributed by atoms with Gasteiger partial charge in [0.15, 0.2) is 0 Å². The van der Waals surface area contributed by atoms with Gasteiger partial charge in [0.2, 0.25) is 0 Å². The van der Waals surface area contributed by atoms with Crippen molar-refractivity contribution in [3.8, 4) is 0 Å². The van der Waals surface area contributed by atoms with Crippen LogP contribution < -0.4 is 5.32 Å². The fraction of sp³-hybridized carbons (Fsp3) is 0.923. The van der Waals surface area contributed by atoms with Crippen LogP contribution in [0.15, 0.2) is 0 Å². The Labute approximate surface area is 98.6 Å². The molecule has 1 saturated carbocycles. The minimum absolute atomic E-state index is 0.277. The summed E-state index contributed by atoms with van der Waals surface area (Å²) >= 11 is 0. The van der Waals surface area contributed by atoms with Gasteiger partial charge in [-0.05, 0) is 43.6 Å². The first kappa shape index (κ1) is 13.5. The van der Waals surface area contributed by atoms with Crippen LogP contribution >= 0.6 is 0 Å². The molecular weight excluding hydrogens is 202 g/mol. The zero-order valence-corrected chi connectivity index (χ0v) is 10.8. The highest BCUT2D eigenvalue weighted by Crippen LogP contribution is 2.38. The normalized spacial score (nSPS) is 28.9. The van der Waals surface area contributed by atoms with Crippen LogP contribution in [0.5, 0.6) is 0 Å². The molecule has 0 heterocycles. The number of hydrogen-bond donors (Lipinski definition) is 2. The van der Waals surface area contributed by atoms with Crippen LogP contribution in [0.2, 0.25) is 0 Å². The van der Waals surface area contributed by atoms with E-state index >= 15 is 0 Å². The molecule has 1 fully saturated rings. The van der Waals surface area contributed by atoms with Gasteiger partial charge in [0.05, 0.1) is 0 Å². The average Bonchev–Trinajstić information content (AvgIpc) is 2.13. The fourth-order valence-electron chi connectivity index (χ4n) is 2.78. The number of carbonyl (C=O) groups is 1. The highest BCUT2D eigenvalue weighted by molar-refractivity contribution is 5.66. The minimum Gasteiger partial charge on any atom is -0.481 e. The van der Waals surface area contributed by atoms with E-state index in [1.54, 1.807) is 0 Å². The van der Waals surface area contributed by atoms with Crippen LogP contribution in [-0.2, 0) is 4.79 Å². The van der Waals surface area contributed by atoms with Gasteiger partial charge in [0.1, 0.15) is 0 Å². The third kappa shape index (κ3) is 4.52. The summed E-state index contributed by atoms with van der Waals surface area (Å²) in [6.45, 7) is 7.81. The number of carboxylic acids is 1. The highest BCUT2D eigenvalue weighted by atomic mass is 16.4. The Balaban J connectivity index is 2.21. The molecule has 1 aliphatic rings. The monoisotopic (exact) mass is 227 g/mol. The van der Waals surface area contributed by atoms with Crippen LogP contribution in [0.25, 0.3) is 0 Å². The maximum absolute atomic E-state index is 10.4. The van der Waals surface area contributed by atoms with Crippen molar-refractivity contribution in [2.45, 2.75) is 58.9 Å². The molecule has 0 aromatic carbocycles. The van der Waals surface area contributed by atoms with Crippen LogP contribution in [0.3, 0.4) is 0 Å². The molecule has 2 atom stereocenters. The van der Waals surface area contributed by atoms with Crippen molar-refractivity contribution in [3.05, 3.63) is 0 Å². The van der Waals surface area contributed by atoms with E-state index in [4.69, 9.17) is 5.11 Å². The Kier molecular flexibility index (Phi) is 4.78. The fourth-order valence-corrected chi connectivity index (χ4v) is 2.78. The average molecular weight is 227 g/mol. The Hall–Kier alpha value is -0.570. The van der Waals surface area contributed by atoms with E-state index in [9.17, 15) is 4.79 Å². The Bertz CT molecular complexity index is 238. The van der Waals surface area contributed by atoms with Crippen molar-refractivity contribution < 1.29 is 9.90 Å². The summed E-state index contributed by atoms with van der Waals surface area (Å²) in [6.07, 6.45) is 4.78. The van der Waals surface area contributed by atoms with E-state index < -0.39 is 5.97 Å². The second kappa shape index (κ2) is 5.67. The number of carboxylic acid groups (broad SMARTS) is 1.